The van der Waals surface area contributed by atoms with E-state index in [1.165, 1.54) is 13.0 Å². The molecule has 0 aliphatic heterocycles. The second-order valence-corrected chi connectivity index (χ2v) is 6.32. The molecular formula is C19H19ClFNO5. The van der Waals surface area contributed by atoms with Crippen LogP contribution in [0.3, 0.4) is 0 Å². The molecule has 1 heterocycles. The maximum Gasteiger partial charge on any atom is 0.341 e. The van der Waals surface area contributed by atoms with Crippen LogP contribution in [0.4, 0.5) is 4.39 Å². The van der Waals surface area contributed by atoms with E-state index in [2.05, 4.69) is 4.98 Å². The molecule has 0 aliphatic rings. The molecular weight excluding hydrogens is 377 g/mol. The monoisotopic (exact) mass is 395 g/mol. The Morgan fingerprint density at radius 1 is 1.22 bits per heavy atom. The van der Waals surface area contributed by atoms with Gasteiger partial charge in [0.25, 0.3) is 0 Å². The first-order valence-electron chi connectivity index (χ1n) is 8.23. The average Bonchev–Trinajstić information content (AvgIpc) is 2.90. The van der Waals surface area contributed by atoms with Gasteiger partial charge in [0.05, 0.1) is 23.4 Å². The number of aryl methyl sites for hydroxylation is 1. The van der Waals surface area contributed by atoms with Gasteiger partial charge in [-0.05, 0) is 51.5 Å². The van der Waals surface area contributed by atoms with Crippen LogP contribution >= 0.6 is 11.6 Å². The molecule has 6 nitrogen and oxygen atoms in total. The predicted octanol–water partition coefficient (Wildman–Crippen LogP) is 4.03. The number of halogens is 2. The van der Waals surface area contributed by atoms with Crippen LogP contribution < -0.4 is 0 Å². The van der Waals surface area contributed by atoms with E-state index in [0.717, 1.165) is 12.1 Å². The molecule has 1 N–H and O–H groups in total. The van der Waals surface area contributed by atoms with Crippen LogP contribution in [-0.2, 0) is 9.47 Å². The minimum Gasteiger partial charge on any atom is -0.462 e. The van der Waals surface area contributed by atoms with Crippen LogP contribution in [-0.4, -0.2) is 35.4 Å². The Morgan fingerprint density at radius 2 is 1.89 bits per heavy atom. The van der Waals surface area contributed by atoms with Crippen LogP contribution in [0, 0.1) is 19.7 Å². The van der Waals surface area contributed by atoms with Gasteiger partial charge in [-0.1, -0.05) is 11.6 Å². The number of hydrogen-bond acceptors (Lipinski definition) is 5. The Kier molecular flexibility index (Phi) is 6.38. The van der Waals surface area contributed by atoms with Crippen molar-refractivity contribution in [2.45, 2.75) is 33.8 Å². The number of nitrogens with one attached hydrogen (secondary N) is 1. The molecule has 2 rings (SSSR count). The molecule has 0 fully saturated rings. The van der Waals surface area contributed by atoms with Crippen LogP contribution in [0.2, 0.25) is 5.02 Å². The van der Waals surface area contributed by atoms with Gasteiger partial charge >= 0.3 is 11.9 Å². The zero-order valence-electron chi connectivity index (χ0n) is 15.3. The number of ether oxygens (including phenoxy) is 2. The number of benzene rings is 1. The molecule has 0 amide bonds. The summed E-state index contributed by atoms with van der Waals surface area (Å²) >= 11 is 5.76. The second kappa shape index (κ2) is 8.35. The molecule has 1 aromatic carbocycles. The fourth-order valence-corrected chi connectivity index (χ4v) is 2.81. The van der Waals surface area contributed by atoms with E-state index in [1.54, 1.807) is 20.8 Å². The van der Waals surface area contributed by atoms with Crippen LogP contribution in [0.25, 0.3) is 0 Å². The first kappa shape index (κ1) is 20.6. The molecule has 144 valence electrons. The van der Waals surface area contributed by atoms with E-state index in [9.17, 15) is 18.8 Å². The fraction of sp³-hybridized carbons (Fsp3) is 0.316. The van der Waals surface area contributed by atoms with Crippen LogP contribution in [0.15, 0.2) is 18.2 Å². The van der Waals surface area contributed by atoms with Gasteiger partial charge in [-0.25, -0.2) is 14.0 Å². The number of H-pyrrole nitrogens is 1. The number of carbonyl (C=O) groups is 3. The largest absolute Gasteiger partial charge is 0.462 e. The SMILES string of the molecule is CCOC(=O)c1c(C)[nH]c(C(=O)[C@@H](C)OC(=O)c2cc(Cl)ccc2F)c1C. The van der Waals surface area contributed by atoms with E-state index < -0.39 is 29.6 Å². The highest BCUT2D eigenvalue weighted by molar-refractivity contribution is 6.30. The number of carbonyl (C=O) groups excluding carboxylic acids is 3. The van der Waals surface area contributed by atoms with Crippen LogP contribution in [0.1, 0.15) is 56.3 Å². The standard InChI is InChI=1S/C19H19ClFNO5/c1-5-26-19(25)15-9(2)16(22-10(15)3)17(23)11(4)27-18(24)13-8-12(20)6-7-14(13)21/h6-8,11,22H,5H2,1-4H3/t11-/m1/s1. The number of aromatic amines is 1. The lowest BCUT2D eigenvalue weighted by atomic mass is 10.1. The molecule has 8 heteroatoms. The van der Waals surface area contributed by atoms with E-state index in [-0.39, 0.29) is 28.5 Å². The molecule has 1 aromatic heterocycles. The first-order valence-corrected chi connectivity index (χ1v) is 8.61. The molecule has 0 radical (unpaired) electrons. The first-order chi connectivity index (χ1) is 12.7. The van der Waals surface area contributed by atoms with Crippen molar-refractivity contribution in [3.8, 4) is 0 Å². The summed E-state index contributed by atoms with van der Waals surface area (Å²) in [6, 6.07) is 3.46. The summed E-state index contributed by atoms with van der Waals surface area (Å²) in [5.41, 5.74) is 0.886. The quantitative estimate of drug-likeness (QED) is 0.589. The zero-order chi connectivity index (χ0) is 20.3. The van der Waals surface area contributed by atoms with E-state index in [1.807, 2.05) is 0 Å². The van der Waals surface area contributed by atoms with Crippen molar-refractivity contribution < 1.29 is 28.2 Å². The summed E-state index contributed by atoms with van der Waals surface area (Å²) in [6.07, 6.45) is -1.21. The van der Waals surface area contributed by atoms with Gasteiger partial charge in [-0.2, -0.15) is 0 Å². The Balaban J connectivity index is 2.23. The van der Waals surface area contributed by atoms with Gasteiger partial charge < -0.3 is 14.5 Å². The molecule has 0 aliphatic carbocycles. The normalized spacial score (nSPS) is 11.8. The van der Waals surface area contributed by atoms with E-state index in [4.69, 9.17) is 21.1 Å². The highest BCUT2D eigenvalue weighted by Crippen LogP contribution is 2.22. The number of esters is 2. The highest BCUT2D eigenvalue weighted by atomic mass is 35.5. The molecule has 1 atom stereocenters. The Bertz CT molecular complexity index is 906. The van der Waals surface area contributed by atoms with Gasteiger partial charge in [0.2, 0.25) is 5.78 Å². The van der Waals surface area contributed by atoms with Gasteiger partial charge in [0.15, 0.2) is 6.10 Å². The van der Waals surface area contributed by atoms with Crippen molar-refractivity contribution in [1.82, 2.24) is 4.98 Å². The summed E-state index contributed by atoms with van der Waals surface area (Å²) in [5.74, 6) is -2.92. The Hall–Kier alpha value is -2.67. The summed E-state index contributed by atoms with van der Waals surface area (Å²) in [7, 11) is 0. The van der Waals surface area contributed by atoms with E-state index in [0.29, 0.717) is 11.3 Å². The smallest absolute Gasteiger partial charge is 0.341 e. The van der Waals surface area contributed by atoms with Crippen molar-refractivity contribution in [2.24, 2.45) is 0 Å². The molecule has 2 aromatic rings. The summed E-state index contributed by atoms with van der Waals surface area (Å²) in [6.45, 7) is 6.47. The third-order valence-electron chi connectivity index (χ3n) is 3.96. The number of ketones is 1. The zero-order valence-corrected chi connectivity index (χ0v) is 16.1. The molecule has 0 bridgehead atoms. The lowest BCUT2D eigenvalue weighted by molar-refractivity contribution is 0.0312. The topological polar surface area (TPSA) is 85.5 Å². The van der Waals surface area contributed by atoms with Crippen LogP contribution in [0.5, 0.6) is 0 Å². The summed E-state index contributed by atoms with van der Waals surface area (Å²) < 4.78 is 23.8. The minimum absolute atomic E-state index is 0.127. The van der Waals surface area contributed by atoms with Gasteiger partial charge in [-0.3, -0.25) is 4.79 Å². The minimum atomic E-state index is -1.21. The van der Waals surface area contributed by atoms with Gasteiger partial charge in [0, 0.05) is 10.7 Å². The number of Topliss-reactive ketones (excluding diaryl/α,β-unsaturated/α-hetero) is 1. The van der Waals surface area contributed by atoms with Gasteiger partial charge in [-0.15, -0.1) is 0 Å². The number of hydrogen-bond donors (Lipinski definition) is 1. The fourth-order valence-electron chi connectivity index (χ4n) is 2.64. The van der Waals surface area contributed by atoms with Crippen molar-refractivity contribution >= 4 is 29.3 Å². The molecule has 0 spiro atoms. The summed E-state index contributed by atoms with van der Waals surface area (Å²) in [5, 5.41) is 0.164. The predicted molar refractivity (Wildman–Crippen MR) is 96.8 cm³/mol. The molecule has 0 saturated heterocycles. The summed E-state index contributed by atoms with van der Waals surface area (Å²) in [4.78, 5) is 39.7. The van der Waals surface area contributed by atoms with Crippen molar-refractivity contribution in [3.05, 3.63) is 57.1 Å². The van der Waals surface area contributed by atoms with Crippen molar-refractivity contribution in [3.63, 3.8) is 0 Å². The third-order valence-corrected chi connectivity index (χ3v) is 4.20. The average molecular weight is 396 g/mol. The van der Waals surface area contributed by atoms with Crippen molar-refractivity contribution in [2.75, 3.05) is 6.61 Å². The molecule has 0 saturated carbocycles. The van der Waals surface area contributed by atoms with Gasteiger partial charge in [0.1, 0.15) is 5.82 Å². The lowest BCUT2D eigenvalue weighted by Gasteiger charge is -2.13. The maximum atomic E-state index is 13.8. The lowest BCUT2D eigenvalue weighted by Crippen LogP contribution is -2.26. The Morgan fingerprint density at radius 3 is 2.52 bits per heavy atom. The number of aromatic nitrogens is 1. The maximum absolute atomic E-state index is 13.8. The molecule has 27 heavy (non-hydrogen) atoms. The third kappa shape index (κ3) is 4.36. The molecule has 0 unspecified atom stereocenters. The van der Waals surface area contributed by atoms with Crippen molar-refractivity contribution in [1.29, 1.82) is 0 Å². The number of rotatable bonds is 6. The van der Waals surface area contributed by atoms with E-state index >= 15 is 0 Å². The highest BCUT2D eigenvalue weighted by Gasteiger charge is 2.28. The second-order valence-electron chi connectivity index (χ2n) is 5.88. The Labute approximate surface area is 160 Å².